The summed E-state index contributed by atoms with van der Waals surface area (Å²) < 4.78 is 0. The van der Waals surface area contributed by atoms with Gasteiger partial charge in [-0.15, -0.1) is 0 Å². The molecule has 6 heteroatoms. The predicted octanol–water partition coefficient (Wildman–Crippen LogP) is 3.71. The number of carbonyl (C=O) groups excluding carboxylic acids is 2. The molecule has 6 nitrogen and oxygen atoms in total. The zero-order valence-corrected chi connectivity index (χ0v) is 16.9. The first-order chi connectivity index (χ1) is 14.1. The van der Waals surface area contributed by atoms with Crippen molar-refractivity contribution in [1.29, 1.82) is 5.26 Å². The fraction of sp³-hybridized carbons (Fsp3) is 0.435. The number of fused-ring (bicyclic) bond motifs is 1. The van der Waals surface area contributed by atoms with Gasteiger partial charge in [-0.3, -0.25) is 4.79 Å². The molecule has 0 aromatic heterocycles. The Morgan fingerprint density at radius 1 is 1.14 bits per heavy atom. The van der Waals surface area contributed by atoms with Crippen molar-refractivity contribution in [2.75, 3.05) is 6.54 Å². The fourth-order valence-electron chi connectivity index (χ4n) is 3.90. The van der Waals surface area contributed by atoms with Crippen LogP contribution in [0.5, 0.6) is 0 Å². The smallest absolute Gasteiger partial charge is 0.315 e. The van der Waals surface area contributed by atoms with Gasteiger partial charge in [-0.1, -0.05) is 61.7 Å². The molecular weight excluding hydrogens is 364 g/mol. The number of amides is 3. The molecule has 2 aromatic rings. The third kappa shape index (κ3) is 5.47. The van der Waals surface area contributed by atoms with Crippen molar-refractivity contribution >= 4 is 22.7 Å². The Hall–Kier alpha value is -3.07. The first-order valence-electron chi connectivity index (χ1n) is 10.4. The number of nitrogens with one attached hydrogen (secondary N) is 2. The van der Waals surface area contributed by atoms with Gasteiger partial charge < -0.3 is 10.6 Å². The van der Waals surface area contributed by atoms with Gasteiger partial charge in [0.25, 0.3) is 5.91 Å². The molecule has 1 unspecified atom stereocenters. The van der Waals surface area contributed by atoms with Gasteiger partial charge in [-0.25, -0.2) is 9.69 Å². The summed E-state index contributed by atoms with van der Waals surface area (Å²) in [6.07, 6.45) is 7.62. The Balaban J connectivity index is 1.75. The minimum atomic E-state index is -0.792. The van der Waals surface area contributed by atoms with E-state index in [-0.39, 0.29) is 24.5 Å². The summed E-state index contributed by atoms with van der Waals surface area (Å²) in [5.41, 5.74) is 0.939. The summed E-state index contributed by atoms with van der Waals surface area (Å²) in [6.45, 7) is 2.02. The van der Waals surface area contributed by atoms with E-state index in [4.69, 9.17) is 0 Å². The number of rotatable bonds is 6. The highest BCUT2D eigenvalue weighted by Crippen LogP contribution is 2.18. The van der Waals surface area contributed by atoms with Crippen LogP contribution in [-0.2, 0) is 11.2 Å². The quantitative estimate of drug-likeness (QED) is 0.580. The second-order valence-corrected chi connectivity index (χ2v) is 7.57. The van der Waals surface area contributed by atoms with Crippen LogP contribution in [0.3, 0.4) is 0 Å². The largest absolute Gasteiger partial charge is 0.335 e. The van der Waals surface area contributed by atoms with Crippen LogP contribution in [0.4, 0.5) is 4.79 Å². The van der Waals surface area contributed by atoms with Crippen LogP contribution in [0.2, 0.25) is 0 Å². The van der Waals surface area contributed by atoms with Crippen LogP contribution in [0, 0.1) is 11.5 Å². The number of likely N-dealkylation sites (N-methyl/N-ethyl adjacent to an activating group) is 1. The van der Waals surface area contributed by atoms with Gasteiger partial charge in [-0.05, 0) is 36.1 Å². The second kappa shape index (κ2) is 9.92. The second-order valence-electron chi connectivity index (χ2n) is 7.57. The van der Waals surface area contributed by atoms with Crippen molar-refractivity contribution in [2.24, 2.45) is 0 Å². The highest BCUT2D eigenvalue weighted by Gasteiger charge is 2.27. The molecule has 1 saturated carbocycles. The molecule has 0 bridgehead atoms. The number of hydrogen-bond donors (Lipinski definition) is 2. The average molecular weight is 393 g/mol. The molecule has 2 N–H and O–H groups in total. The molecule has 152 valence electrons. The summed E-state index contributed by atoms with van der Waals surface area (Å²) >= 11 is 0. The summed E-state index contributed by atoms with van der Waals surface area (Å²) in [5, 5.41) is 17.3. The first kappa shape index (κ1) is 20.7. The van der Waals surface area contributed by atoms with Crippen molar-refractivity contribution in [3.8, 4) is 6.19 Å². The van der Waals surface area contributed by atoms with Gasteiger partial charge in [0.05, 0.1) is 0 Å². The van der Waals surface area contributed by atoms with E-state index in [2.05, 4.69) is 10.6 Å². The Labute approximate surface area is 171 Å². The Kier molecular flexibility index (Phi) is 7.07. The molecule has 1 atom stereocenters. The molecule has 2 aromatic carbocycles. The molecule has 0 heterocycles. The van der Waals surface area contributed by atoms with Gasteiger partial charge >= 0.3 is 6.03 Å². The van der Waals surface area contributed by atoms with Gasteiger partial charge in [0, 0.05) is 19.0 Å². The lowest BCUT2D eigenvalue weighted by molar-refractivity contribution is -0.129. The molecule has 1 aliphatic carbocycles. The lowest BCUT2D eigenvalue weighted by Crippen LogP contribution is -2.53. The van der Waals surface area contributed by atoms with E-state index in [9.17, 15) is 14.9 Å². The maximum atomic E-state index is 12.9. The van der Waals surface area contributed by atoms with E-state index in [1.54, 1.807) is 6.92 Å². The van der Waals surface area contributed by atoms with Crippen LogP contribution >= 0.6 is 0 Å². The van der Waals surface area contributed by atoms with Crippen molar-refractivity contribution in [2.45, 2.75) is 57.5 Å². The molecule has 1 aliphatic rings. The van der Waals surface area contributed by atoms with Crippen molar-refractivity contribution in [3.05, 3.63) is 48.0 Å². The Morgan fingerprint density at radius 2 is 1.86 bits per heavy atom. The highest BCUT2D eigenvalue weighted by molar-refractivity contribution is 5.89. The van der Waals surface area contributed by atoms with Crippen LogP contribution in [0.1, 0.15) is 44.6 Å². The van der Waals surface area contributed by atoms with Gasteiger partial charge in [0.2, 0.25) is 0 Å². The third-order valence-electron chi connectivity index (χ3n) is 5.50. The number of benzene rings is 2. The Bertz CT molecular complexity index is 899. The predicted molar refractivity (Wildman–Crippen MR) is 113 cm³/mol. The SMILES string of the molecule is CCN(C#N)C(=O)C(Cc1ccc2ccccc2c1)NC(=O)NC1CCCCC1. The van der Waals surface area contributed by atoms with Crippen LogP contribution < -0.4 is 10.6 Å². The number of nitriles is 1. The van der Waals surface area contributed by atoms with E-state index < -0.39 is 6.04 Å². The number of urea groups is 1. The maximum Gasteiger partial charge on any atom is 0.315 e. The van der Waals surface area contributed by atoms with Crippen LogP contribution in [-0.4, -0.2) is 35.5 Å². The monoisotopic (exact) mass is 392 g/mol. The summed E-state index contributed by atoms with van der Waals surface area (Å²) in [4.78, 5) is 26.5. The minimum Gasteiger partial charge on any atom is -0.335 e. The van der Waals surface area contributed by atoms with Crippen molar-refractivity contribution in [3.63, 3.8) is 0 Å². The molecule has 1 fully saturated rings. The van der Waals surface area contributed by atoms with E-state index in [0.29, 0.717) is 6.42 Å². The standard InChI is InChI=1S/C23H28N4O2/c1-2-27(16-24)22(28)21(26-23(29)25-20-10-4-3-5-11-20)15-17-12-13-18-8-6-7-9-19(18)14-17/h6-9,12-14,20-21H,2-5,10-11,15H2,1H3,(H2,25,26,29). The molecule has 3 amide bonds. The third-order valence-corrected chi connectivity index (χ3v) is 5.50. The lowest BCUT2D eigenvalue weighted by Gasteiger charge is -2.26. The van der Waals surface area contributed by atoms with E-state index in [0.717, 1.165) is 46.9 Å². The van der Waals surface area contributed by atoms with Crippen LogP contribution in [0.15, 0.2) is 42.5 Å². The Morgan fingerprint density at radius 3 is 2.55 bits per heavy atom. The van der Waals surface area contributed by atoms with Gasteiger partial charge in [-0.2, -0.15) is 5.26 Å². The zero-order chi connectivity index (χ0) is 20.6. The van der Waals surface area contributed by atoms with E-state index in [1.807, 2.05) is 48.7 Å². The number of carbonyl (C=O) groups is 2. The van der Waals surface area contributed by atoms with Crippen molar-refractivity contribution in [1.82, 2.24) is 15.5 Å². The lowest BCUT2D eigenvalue weighted by atomic mass is 9.96. The van der Waals surface area contributed by atoms with Crippen molar-refractivity contribution < 1.29 is 9.59 Å². The molecule has 0 saturated heterocycles. The maximum absolute atomic E-state index is 12.9. The summed E-state index contributed by atoms with van der Waals surface area (Å²) in [5.74, 6) is -0.387. The topological polar surface area (TPSA) is 85.2 Å². The van der Waals surface area contributed by atoms with Gasteiger partial charge in [0.15, 0.2) is 6.19 Å². The number of nitrogens with zero attached hydrogens (tertiary/aromatic N) is 2. The van der Waals surface area contributed by atoms with Crippen LogP contribution in [0.25, 0.3) is 10.8 Å². The molecular formula is C23H28N4O2. The minimum absolute atomic E-state index is 0.151. The average Bonchev–Trinajstić information content (AvgIpc) is 2.74. The molecule has 0 aliphatic heterocycles. The summed E-state index contributed by atoms with van der Waals surface area (Å²) in [6, 6.07) is 13.0. The molecule has 3 rings (SSSR count). The normalized spacial score (nSPS) is 15.3. The summed E-state index contributed by atoms with van der Waals surface area (Å²) in [7, 11) is 0. The van der Waals surface area contributed by atoms with E-state index in [1.165, 1.54) is 6.42 Å². The fourth-order valence-corrected chi connectivity index (χ4v) is 3.90. The molecule has 0 spiro atoms. The van der Waals surface area contributed by atoms with E-state index >= 15 is 0 Å². The van der Waals surface area contributed by atoms with Gasteiger partial charge in [0.1, 0.15) is 6.04 Å². The first-order valence-corrected chi connectivity index (χ1v) is 10.4. The molecule has 0 radical (unpaired) electrons. The highest BCUT2D eigenvalue weighted by atomic mass is 16.2. The number of hydrogen-bond acceptors (Lipinski definition) is 3. The zero-order valence-electron chi connectivity index (χ0n) is 16.9. The molecule has 29 heavy (non-hydrogen) atoms.